The highest BCUT2D eigenvalue weighted by molar-refractivity contribution is 5.03. The van der Waals surface area contributed by atoms with Crippen molar-refractivity contribution >= 4 is 0 Å². The van der Waals surface area contributed by atoms with Gasteiger partial charge in [0.15, 0.2) is 0 Å². The van der Waals surface area contributed by atoms with Gasteiger partial charge in [0.2, 0.25) is 0 Å². The zero-order valence-electron chi connectivity index (χ0n) is 8.09. The fourth-order valence-corrected chi connectivity index (χ4v) is 2.16. The molecule has 0 radical (unpaired) electrons. The van der Waals surface area contributed by atoms with Crippen LogP contribution in [0, 0.1) is 5.92 Å². The minimum atomic E-state index is -4.07. The summed E-state index contributed by atoms with van der Waals surface area (Å²) in [5, 5.41) is 9.92. The molecule has 1 fully saturated rings. The van der Waals surface area contributed by atoms with Crippen LogP contribution in [0.4, 0.5) is 13.2 Å². The molecule has 15 heavy (non-hydrogen) atoms. The second kappa shape index (κ2) is 3.83. The Hall–Kier alpha value is -1.07. The van der Waals surface area contributed by atoms with Crippen molar-refractivity contribution in [1.82, 2.24) is 15.4 Å². The smallest absolute Gasteiger partial charge is 0.198 e. The molecule has 0 saturated heterocycles. The van der Waals surface area contributed by atoms with Crippen molar-refractivity contribution in [3.8, 4) is 0 Å². The minimum absolute atomic E-state index is 0.0934. The first-order valence-electron chi connectivity index (χ1n) is 4.99. The van der Waals surface area contributed by atoms with Crippen LogP contribution in [0.25, 0.3) is 0 Å². The first-order chi connectivity index (χ1) is 7.07. The second-order valence-electron chi connectivity index (χ2n) is 4.00. The van der Waals surface area contributed by atoms with Gasteiger partial charge in [0, 0.05) is 5.92 Å². The molecule has 1 aliphatic carbocycles. The molecular weight excluding hydrogens is 207 g/mol. The van der Waals surface area contributed by atoms with Crippen LogP contribution < -0.4 is 0 Å². The molecule has 1 N–H and O–H groups in total. The molecule has 0 amide bonds. The summed E-state index contributed by atoms with van der Waals surface area (Å²) in [7, 11) is 0. The van der Waals surface area contributed by atoms with E-state index in [4.69, 9.17) is 0 Å². The molecule has 0 bridgehead atoms. The second-order valence-corrected chi connectivity index (χ2v) is 4.00. The molecular formula is C9H12F3N3. The Balaban J connectivity index is 2.05. The molecule has 2 atom stereocenters. The summed E-state index contributed by atoms with van der Waals surface area (Å²) in [4.78, 5) is 0. The maximum Gasteiger partial charge on any atom is 0.391 e. The number of nitrogens with zero attached hydrogens (tertiary/aromatic N) is 2. The van der Waals surface area contributed by atoms with E-state index >= 15 is 0 Å². The number of hydrogen-bond donors (Lipinski definition) is 1. The van der Waals surface area contributed by atoms with Gasteiger partial charge in [-0.3, -0.25) is 0 Å². The van der Waals surface area contributed by atoms with Gasteiger partial charge < -0.3 is 0 Å². The predicted molar refractivity (Wildman–Crippen MR) is 47.1 cm³/mol. The van der Waals surface area contributed by atoms with E-state index in [-0.39, 0.29) is 18.8 Å². The number of halogens is 3. The van der Waals surface area contributed by atoms with Gasteiger partial charge in [-0.2, -0.15) is 28.6 Å². The van der Waals surface area contributed by atoms with Crippen molar-refractivity contribution in [2.45, 2.75) is 37.8 Å². The van der Waals surface area contributed by atoms with Gasteiger partial charge in [-0.25, -0.2) is 0 Å². The van der Waals surface area contributed by atoms with Crippen LogP contribution in [0.3, 0.4) is 0 Å². The third-order valence-electron chi connectivity index (χ3n) is 2.99. The molecule has 1 aromatic heterocycles. The molecule has 1 aromatic rings. The minimum Gasteiger partial charge on any atom is -0.198 e. The van der Waals surface area contributed by atoms with Crippen molar-refractivity contribution in [2.24, 2.45) is 5.92 Å². The van der Waals surface area contributed by atoms with Gasteiger partial charge in [-0.15, -0.1) is 0 Å². The molecule has 6 heteroatoms. The van der Waals surface area contributed by atoms with E-state index in [9.17, 15) is 13.2 Å². The van der Waals surface area contributed by atoms with Crippen LogP contribution in [0.15, 0.2) is 6.20 Å². The standard InChI is InChI=1S/C9H12F3N3/c10-9(11,12)7-3-1-2-6(4-7)8-5-13-15-14-8/h5-7H,1-4H2,(H,13,14,15). The molecule has 2 rings (SSSR count). The van der Waals surface area contributed by atoms with Crippen molar-refractivity contribution in [2.75, 3.05) is 0 Å². The van der Waals surface area contributed by atoms with Crippen molar-refractivity contribution in [1.29, 1.82) is 0 Å². The molecule has 1 aliphatic rings. The Morgan fingerprint density at radius 1 is 1.33 bits per heavy atom. The zero-order chi connectivity index (χ0) is 10.9. The first kappa shape index (κ1) is 10.4. The lowest BCUT2D eigenvalue weighted by atomic mass is 9.80. The summed E-state index contributed by atoms with van der Waals surface area (Å²) in [6.07, 6.45) is -0.763. The van der Waals surface area contributed by atoms with Gasteiger partial charge >= 0.3 is 6.18 Å². The van der Waals surface area contributed by atoms with Crippen LogP contribution >= 0.6 is 0 Å². The number of H-pyrrole nitrogens is 1. The number of aromatic amines is 1. The van der Waals surface area contributed by atoms with E-state index in [1.54, 1.807) is 0 Å². The maximum absolute atomic E-state index is 12.5. The van der Waals surface area contributed by atoms with Crippen molar-refractivity contribution in [3.05, 3.63) is 11.9 Å². The highest BCUT2D eigenvalue weighted by Crippen LogP contribution is 2.42. The van der Waals surface area contributed by atoms with Crippen LogP contribution in [-0.2, 0) is 0 Å². The van der Waals surface area contributed by atoms with Crippen LogP contribution in [-0.4, -0.2) is 21.6 Å². The largest absolute Gasteiger partial charge is 0.391 e. The van der Waals surface area contributed by atoms with E-state index in [0.29, 0.717) is 12.1 Å². The Kier molecular flexibility index (Phi) is 2.67. The highest BCUT2D eigenvalue weighted by Gasteiger charge is 2.42. The average Bonchev–Trinajstić information content (AvgIpc) is 2.69. The fourth-order valence-electron chi connectivity index (χ4n) is 2.16. The van der Waals surface area contributed by atoms with E-state index < -0.39 is 12.1 Å². The zero-order valence-corrected chi connectivity index (χ0v) is 8.09. The molecule has 3 nitrogen and oxygen atoms in total. The summed E-state index contributed by atoms with van der Waals surface area (Å²) >= 11 is 0. The predicted octanol–water partition coefficient (Wildman–Crippen LogP) is 2.64. The Labute approximate surface area is 85.1 Å². The van der Waals surface area contributed by atoms with E-state index in [1.165, 1.54) is 6.20 Å². The average molecular weight is 219 g/mol. The Morgan fingerprint density at radius 3 is 2.73 bits per heavy atom. The normalized spacial score (nSPS) is 27.9. The number of rotatable bonds is 1. The topological polar surface area (TPSA) is 41.6 Å². The monoisotopic (exact) mass is 219 g/mol. The Morgan fingerprint density at radius 2 is 2.13 bits per heavy atom. The van der Waals surface area contributed by atoms with Crippen LogP contribution in [0.2, 0.25) is 0 Å². The summed E-state index contributed by atoms with van der Waals surface area (Å²) in [5.41, 5.74) is 0.656. The van der Waals surface area contributed by atoms with Gasteiger partial charge in [0.25, 0.3) is 0 Å². The fraction of sp³-hybridized carbons (Fsp3) is 0.778. The lowest BCUT2D eigenvalue weighted by molar-refractivity contribution is -0.183. The van der Waals surface area contributed by atoms with Gasteiger partial charge in [0.1, 0.15) is 0 Å². The van der Waals surface area contributed by atoms with E-state index in [0.717, 1.165) is 6.42 Å². The molecule has 0 aliphatic heterocycles. The van der Waals surface area contributed by atoms with Gasteiger partial charge in [0.05, 0.1) is 17.8 Å². The summed E-state index contributed by atoms with van der Waals surface area (Å²) in [6.45, 7) is 0. The quantitative estimate of drug-likeness (QED) is 0.788. The third kappa shape index (κ3) is 2.30. The molecule has 0 aromatic carbocycles. The first-order valence-corrected chi connectivity index (χ1v) is 4.99. The van der Waals surface area contributed by atoms with E-state index in [2.05, 4.69) is 15.4 Å². The summed E-state index contributed by atoms with van der Waals surface area (Å²) < 4.78 is 37.5. The summed E-state index contributed by atoms with van der Waals surface area (Å²) in [5.74, 6) is -1.27. The molecule has 84 valence electrons. The molecule has 1 saturated carbocycles. The van der Waals surface area contributed by atoms with Crippen LogP contribution in [0.5, 0.6) is 0 Å². The van der Waals surface area contributed by atoms with Crippen molar-refractivity contribution < 1.29 is 13.2 Å². The molecule has 0 spiro atoms. The molecule has 2 unspecified atom stereocenters. The van der Waals surface area contributed by atoms with Crippen LogP contribution in [0.1, 0.15) is 37.3 Å². The number of nitrogens with one attached hydrogen (secondary N) is 1. The number of aromatic nitrogens is 3. The van der Waals surface area contributed by atoms with Crippen molar-refractivity contribution in [3.63, 3.8) is 0 Å². The van der Waals surface area contributed by atoms with E-state index in [1.807, 2.05) is 0 Å². The van der Waals surface area contributed by atoms with Gasteiger partial charge in [-0.1, -0.05) is 6.42 Å². The SMILES string of the molecule is FC(F)(F)C1CCCC(c2cn[nH]n2)C1. The number of alkyl halides is 3. The molecule has 1 heterocycles. The highest BCUT2D eigenvalue weighted by atomic mass is 19.4. The lowest BCUT2D eigenvalue weighted by Crippen LogP contribution is -2.28. The lowest BCUT2D eigenvalue weighted by Gasteiger charge is -2.29. The van der Waals surface area contributed by atoms with Gasteiger partial charge in [-0.05, 0) is 19.3 Å². The third-order valence-corrected chi connectivity index (χ3v) is 2.99. The summed E-state index contributed by atoms with van der Waals surface area (Å²) in [6, 6.07) is 0. The Bertz CT molecular complexity index is 307. The maximum atomic E-state index is 12.5. The number of hydrogen-bond acceptors (Lipinski definition) is 2.